The number of hydrogen-bond acceptors (Lipinski definition) is 8. The summed E-state index contributed by atoms with van der Waals surface area (Å²) in [5.74, 6) is 0.905. The van der Waals surface area contributed by atoms with Gasteiger partial charge in [-0.3, -0.25) is 4.79 Å². The summed E-state index contributed by atoms with van der Waals surface area (Å²) in [7, 11) is 0. The van der Waals surface area contributed by atoms with Gasteiger partial charge in [-0.25, -0.2) is 4.98 Å². The average Bonchev–Trinajstić information content (AvgIpc) is 3.44. The van der Waals surface area contributed by atoms with E-state index >= 15 is 0 Å². The van der Waals surface area contributed by atoms with E-state index in [4.69, 9.17) is 10.5 Å². The van der Waals surface area contributed by atoms with Gasteiger partial charge in [0.05, 0.1) is 11.3 Å². The van der Waals surface area contributed by atoms with E-state index in [1.807, 2.05) is 18.2 Å². The number of aliphatic hydroxyl groups excluding tert-OH is 1. The molecular formula is C17H20N6O3. The van der Waals surface area contributed by atoms with E-state index in [-0.39, 0.29) is 12.2 Å². The van der Waals surface area contributed by atoms with Crippen LogP contribution in [-0.2, 0) is 0 Å². The molecule has 1 aromatic heterocycles. The molecule has 1 aliphatic carbocycles. The highest BCUT2D eigenvalue weighted by Crippen LogP contribution is 2.31. The number of carbonyl (C=O) groups excluding carboxylic acids is 1. The highest BCUT2D eigenvalue weighted by atomic mass is 16.5. The highest BCUT2D eigenvalue weighted by molar-refractivity contribution is 5.97. The number of ether oxygens (including phenoxy) is 1. The number of benzene rings is 1. The molecule has 1 aliphatic heterocycles. The number of aromatic nitrogens is 2. The van der Waals surface area contributed by atoms with E-state index in [1.54, 1.807) is 0 Å². The fraction of sp³-hybridized carbons (Fsp3) is 0.353. The molecule has 1 fully saturated rings. The minimum Gasteiger partial charge on any atom is -0.489 e. The van der Waals surface area contributed by atoms with Crippen molar-refractivity contribution in [1.29, 1.82) is 0 Å². The van der Waals surface area contributed by atoms with Gasteiger partial charge in [0.25, 0.3) is 5.91 Å². The molecule has 1 atom stereocenters. The lowest BCUT2D eigenvalue weighted by atomic mass is 10.2. The van der Waals surface area contributed by atoms with Crippen LogP contribution in [0.15, 0.2) is 24.4 Å². The van der Waals surface area contributed by atoms with E-state index in [9.17, 15) is 9.90 Å². The number of nitrogens with one attached hydrogen (secondary N) is 3. The van der Waals surface area contributed by atoms with Crippen molar-refractivity contribution >= 4 is 29.0 Å². The Bertz CT molecular complexity index is 839. The van der Waals surface area contributed by atoms with Crippen LogP contribution in [0.2, 0.25) is 0 Å². The Labute approximate surface area is 150 Å². The fourth-order valence-corrected chi connectivity index (χ4v) is 2.63. The predicted octanol–water partition coefficient (Wildman–Crippen LogP) is 1.06. The van der Waals surface area contributed by atoms with E-state index < -0.39 is 12.0 Å². The third-order valence-corrected chi connectivity index (χ3v) is 4.17. The number of amides is 1. The van der Waals surface area contributed by atoms with Gasteiger partial charge in [-0.05, 0) is 31.0 Å². The summed E-state index contributed by atoms with van der Waals surface area (Å²) in [5.41, 5.74) is 7.19. The van der Waals surface area contributed by atoms with Crippen LogP contribution in [-0.4, -0.2) is 46.3 Å². The van der Waals surface area contributed by atoms with E-state index in [1.165, 1.54) is 6.20 Å². The molecule has 0 unspecified atom stereocenters. The molecule has 6 N–H and O–H groups in total. The first-order valence-electron chi connectivity index (χ1n) is 8.47. The number of fused-ring (bicyclic) bond motifs is 1. The number of rotatable bonds is 5. The first kappa shape index (κ1) is 16.4. The van der Waals surface area contributed by atoms with Gasteiger partial charge in [0.15, 0.2) is 0 Å². The summed E-state index contributed by atoms with van der Waals surface area (Å²) in [5, 5.41) is 19.1. The molecular weight excluding hydrogens is 336 g/mol. The molecule has 1 amide bonds. The summed E-state index contributed by atoms with van der Waals surface area (Å²) < 4.78 is 5.54. The summed E-state index contributed by atoms with van der Waals surface area (Å²) in [6, 6.07) is 5.82. The van der Waals surface area contributed by atoms with Gasteiger partial charge < -0.3 is 31.5 Å². The quantitative estimate of drug-likeness (QED) is 0.537. The van der Waals surface area contributed by atoms with Gasteiger partial charge in [0.2, 0.25) is 5.95 Å². The number of primary amides is 1. The number of aliphatic hydroxyl groups is 1. The van der Waals surface area contributed by atoms with E-state index in [0.717, 1.165) is 24.2 Å². The summed E-state index contributed by atoms with van der Waals surface area (Å²) >= 11 is 0. The van der Waals surface area contributed by atoms with Crippen molar-refractivity contribution in [1.82, 2.24) is 9.97 Å². The second-order valence-corrected chi connectivity index (χ2v) is 6.42. The monoisotopic (exact) mass is 356 g/mol. The number of carbonyl (C=O) groups is 1. The Balaban J connectivity index is 1.56. The van der Waals surface area contributed by atoms with Crippen LogP contribution < -0.4 is 26.4 Å². The molecule has 136 valence electrons. The predicted molar refractivity (Wildman–Crippen MR) is 96.9 cm³/mol. The zero-order valence-corrected chi connectivity index (χ0v) is 14.0. The van der Waals surface area contributed by atoms with Crippen molar-refractivity contribution in [2.75, 3.05) is 29.1 Å². The minimum absolute atomic E-state index is 0.251. The number of β-amino-alcohol motifs (C(OH)–C–C–N with tert-alkyl or cyclic N) is 1. The topological polar surface area (TPSA) is 134 Å². The number of nitrogens with zero attached hydrogens (tertiary/aromatic N) is 2. The Morgan fingerprint density at radius 1 is 1.38 bits per heavy atom. The molecule has 0 spiro atoms. The maximum absolute atomic E-state index is 11.6. The lowest BCUT2D eigenvalue weighted by Gasteiger charge is -2.13. The lowest BCUT2D eigenvalue weighted by molar-refractivity contribution is 0.100. The van der Waals surface area contributed by atoms with Crippen molar-refractivity contribution in [2.45, 2.75) is 25.0 Å². The van der Waals surface area contributed by atoms with Crippen LogP contribution in [0.3, 0.4) is 0 Å². The highest BCUT2D eigenvalue weighted by Gasteiger charge is 2.24. The standard InChI is InChI=1S/C17H20N6O3/c18-15(25)12-7-20-17(23-16(12)21-9-1-2-9)22-10-3-4-14-13(5-10)19-6-11(24)8-26-14/h3-5,7,9,11,19,24H,1-2,6,8H2,(H2,18,25)(H2,20,21,22,23)/t11-/m1/s1. The Hall–Kier alpha value is -3.07. The normalized spacial score (nSPS) is 18.7. The summed E-state index contributed by atoms with van der Waals surface area (Å²) in [6.07, 6.45) is 2.96. The molecule has 2 aromatic rings. The van der Waals surface area contributed by atoms with Crippen LogP contribution in [0, 0.1) is 0 Å². The van der Waals surface area contributed by atoms with Crippen molar-refractivity contribution in [3.8, 4) is 5.75 Å². The second-order valence-electron chi connectivity index (χ2n) is 6.42. The van der Waals surface area contributed by atoms with Gasteiger partial charge in [0.1, 0.15) is 24.3 Å². The van der Waals surface area contributed by atoms with Crippen LogP contribution in [0.5, 0.6) is 5.75 Å². The van der Waals surface area contributed by atoms with Crippen molar-refractivity contribution in [3.05, 3.63) is 30.0 Å². The lowest BCUT2D eigenvalue weighted by Crippen LogP contribution is -2.23. The van der Waals surface area contributed by atoms with Gasteiger partial charge in [-0.1, -0.05) is 0 Å². The number of anilines is 4. The smallest absolute Gasteiger partial charge is 0.254 e. The molecule has 0 bridgehead atoms. The molecule has 1 aromatic carbocycles. The van der Waals surface area contributed by atoms with Crippen LogP contribution in [0.25, 0.3) is 0 Å². The zero-order valence-electron chi connectivity index (χ0n) is 14.0. The number of nitrogens with two attached hydrogens (primary N) is 1. The third-order valence-electron chi connectivity index (χ3n) is 4.17. The largest absolute Gasteiger partial charge is 0.489 e. The molecule has 0 radical (unpaired) electrons. The molecule has 9 nitrogen and oxygen atoms in total. The zero-order chi connectivity index (χ0) is 18.1. The van der Waals surface area contributed by atoms with Crippen molar-refractivity contribution in [3.63, 3.8) is 0 Å². The van der Waals surface area contributed by atoms with Crippen molar-refractivity contribution in [2.24, 2.45) is 5.73 Å². The molecule has 9 heteroatoms. The van der Waals surface area contributed by atoms with Gasteiger partial charge in [0, 0.05) is 24.5 Å². The van der Waals surface area contributed by atoms with E-state index in [0.29, 0.717) is 30.1 Å². The van der Waals surface area contributed by atoms with Gasteiger partial charge in [-0.2, -0.15) is 4.98 Å². The SMILES string of the molecule is NC(=O)c1cnc(Nc2ccc3c(c2)NC[C@@H](O)CO3)nc1NC1CC1. The molecule has 2 aliphatic rings. The van der Waals surface area contributed by atoms with Crippen molar-refractivity contribution < 1.29 is 14.6 Å². The van der Waals surface area contributed by atoms with Crippen LogP contribution in [0.4, 0.5) is 23.1 Å². The van der Waals surface area contributed by atoms with Crippen LogP contribution in [0.1, 0.15) is 23.2 Å². The summed E-state index contributed by atoms with van der Waals surface area (Å²) in [6.45, 7) is 0.663. The molecule has 4 rings (SSSR count). The average molecular weight is 356 g/mol. The Morgan fingerprint density at radius 3 is 3.00 bits per heavy atom. The second kappa shape index (κ2) is 6.68. The van der Waals surface area contributed by atoms with Gasteiger partial charge in [-0.15, -0.1) is 0 Å². The maximum atomic E-state index is 11.6. The molecule has 2 heterocycles. The first-order valence-corrected chi connectivity index (χ1v) is 8.47. The maximum Gasteiger partial charge on any atom is 0.254 e. The Kier molecular flexibility index (Phi) is 4.21. The van der Waals surface area contributed by atoms with Gasteiger partial charge >= 0.3 is 0 Å². The molecule has 26 heavy (non-hydrogen) atoms. The minimum atomic E-state index is -0.565. The summed E-state index contributed by atoms with van der Waals surface area (Å²) in [4.78, 5) is 20.1. The Morgan fingerprint density at radius 2 is 2.23 bits per heavy atom. The molecule has 1 saturated carbocycles. The first-order chi connectivity index (χ1) is 12.6. The van der Waals surface area contributed by atoms with Crippen LogP contribution >= 0.6 is 0 Å². The third kappa shape index (κ3) is 3.62. The van der Waals surface area contributed by atoms with E-state index in [2.05, 4.69) is 25.9 Å². The number of hydrogen-bond donors (Lipinski definition) is 5. The molecule has 0 saturated heterocycles. The fourth-order valence-electron chi connectivity index (χ4n) is 2.63.